The van der Waals surface area contributed by atoms with Crippen LogP contribution in [0.4, 0.5) is 5.69 Å². The molecule has 1 aromatic heterocycles. The summed E-state index contributed by atoms with van der Waals surface area (Å²) in [6, 6.07) is 11.9. The smallest absolute Gasteiger partial charge is 0.270 e. The van der Waals surface area contributed by atoms with E-state index in [1.807, 2.05) is 18.2 Å². The number of nitro benzene ring substituents is 1. The summed E-state index contributed by atoms with van der Waals surface area (Å²) in [5.41, 5.74) is 1.62. The van der Waals surface area contributed by atoms with Gasteiger partial charge in [0.1, 0.15) is 5.75 Å². The van der Waals surface area contributed by atoms with E-state index < -0.39 is 4.92 Å². The van der Waals surface area contributed by atoms with Gasteiger partial charge in [0, 0.05) is 19.2 Å². The largest absolute Gasteiger partial charge is 0.497 e. The first-order chi connectivity index (χ1) is 12.0. The van der Waals surface area contributed by atoms with Crippen molar-refractivity contribution in [1.29, 1.82) is 0 Å². The SMILES string of the molecule is COc1cccc(CC(=O)N=c2sc3cc([N+](=O)[O-])ccc3n2C)c1. The fourth-order valence-corrected chi connectivity index (χ4v) is 3.51. The number of non-ortho nitro benzene ring substituents is 1. The summed E-state index contributed by atoms with van der Waals surface area (Å²) < 4.78 is 7.61. The lowest BCUT2D eigenvalue weighted by Crippen LogP contribution is -2.14. The number of methoxy groups -OCH3 is 1. The van der Waals surface area contributed by atoms with Crippen molar-refractivity contribution in [3.63, 3.8) is 0 Å². The first-order valence-electron chi connectivity index (χ1n) is 7.42. The lowest BCUT2D eigenvalue weighted by atomic mass is 10.1. The zero-order valence-electron chi connectivity index (χ0n) is 13.6. The molecular formula is C17H15N3O4S. The Morgan fingerprint density at radius 1 is 1.32 bits per heavy atom. The molecule has 3 rings (SSSR count). The van der Waals surface area contributed by atoms with Gasteiger partial charge < -0.3 is 9.30 Å². The Hall–Kier alpha value is -3.00. The zero-order valence-corrected chi connectivity index (χ0v) is 14.4. The third kappa shape index (κ3) is 3.58. The summed E-state index contributed by atoms with van der Waals surface area (Å²) in [5, 5.41) is 10.9. The minimum Gasteiger partial charge on any atom is -0.497 e. The molecule has 25 heavy (non-hydrogen) atoms. The molecule has 7 nitrogen and oxygen atoms in total. The number of carbonyl (C=O) groups excluding carboxylic acids is 1. The predicted molar refractivity (Wildman–Crippen MR) is 94.7 cm³/mol. The third-order valence-electron chi connectivity index (χ3n) is 3.71. The number of hydrogen-bond acceptors (Lipinski definition) is 5. The molecule has 0 saturated heterocycles. The predicted octanol–water partition coefficient (Wildman–Crippen LogP) is 2.83. The van der Waals surface area contributed by atoms with E-state index in [4.69, 9.17) is 4.74 Å². The van der Waals surface area contributed by atoms with Crippen LogP contribution < -0.4 is 9.54 Å². The van der Waals surface area contributed by atoms with Gasteiger partial charge in [0.2, 0.25) is 0 Å². The van der Waals surface area contributed by atoms with Crippen molar-refractivity contribution in [2.24, 2.45) is 12.0 Å². The minimum absolute atomic E-state index is 0.0172. The number of carbonyl (C=O) groups is 1. The highest BCUT2D eigenvalue weighted by Gasteiger charge is 2.11. The van der Waals surface area contributed by atoms with Crippen molar-refractivity contribution in [3.8, 4) is 5.75 Å². The number of benzene rings is 2. The van der Waals surface area contributed by atoms with E-state index in [-0.39, 0.29) is 18.0 Å². The van der Waals surface area contributed by atoms with E-state index in [1.54, 1.807) is 30.9 Å². The molecule has 0 radical (unpaired) electrons. The molecule has 0 N–H and O–H groups in total. The van der Waals surface area contributed by atoms with Gasteiger partial charge in [0.05, 0.1) is 28.7 Å². The lowest BCUT2D eigenvalue weighted by Gasteiger charge is -2.01. The number of fused-ring (bicyclic) bond motifs is 1. The molecular weight excluding hydrogens is 342 g/mol. The van der Waals surface area contributed by atoms with Crippen LogP contribution in [0.2, 0.25) is 0 Å². The Bertz CT molecular complexity index is 1040. The van der Waals surface area contributed by atoms with Gasteiger partial charge in [-0.1, -0.05) is 23.5 Å². The normalized spacial score (nSPS) is 11.7. The number of thiazole rings is 1. The highest BCUT2D eigenvalue weighted by atomic mass is 32.1. The molecule has 0 bridgehead atoms. The number of amides is 1. The molecule has 3 aromatic rings. The maximum absolute atomic E-state index is 12.3. The fraction of sp³-hybridized carbons (Fsp3) is 0.176. The van der Waals surface area contributed by atoms with Crippen LogP contribution in [0.25, 0.3) is 10.2 Å². The van der Waals surface area contributed by atoms with Crippen LogP contribution in [-0.4, -0.2) is 22.5 Å². The van der Waals surface area contributed by atoms with Crippen molar-refractivity contribution in [3.05, 3.63) is 62.9 Å². The van der Waals surface area contributed by atoms with Gasteiger partial charge in [0.25, 0.3) is 11.6 Å². The Balaban J connectivity index is 1.93. The maximum atomic E-state index is 12.3. The number of aryl methyl sites for hydroxylation is 1. The van der Waals surface area contributed by atoms with Crippen molar-refractivity contribution in [2.75, 3.05) is 7.11 Å². The van der Waals surface area contributed by atoms with E-state index in [1.165, 1.54) is 23.5 Å². The molecule has 1 heterocycles. The van der Waals surface area contributed by atoms with Crippen molar-refractivity contribution in [1.82, 2.24) is 4.57 Å². The standard InChI is InChI=1S/C17H15N3O4S/c1-19-14-7-6-12(20(22)23)10-15(14)25-17(19)18-16(21)9-11-4-3-5-13(8-11)24-2/h3-8,10H,9H2,1-2H3. The molecule has 0 saturated carbocycles. The number of rotatable bonds is 4. The summed E-state index contributed by atoms with van der Waals surface area (Å²) in [4.78, 5) is 27.4. The number of ether oxygens (including phenoxy) is 1. The maximum Gasteiger partial charge on any atom is 0.270 e. The summed E-state index contributed by atoms with van der Waals surface area (Å²) >= 11 is 1.25. The van der Waals surface area contributed by atoms with Crippen LogP contribution in [0, 0.1) is 10.1 Å². The quantitative estimate of drug-likeness (QED) is 0.531. The van der Waals surface area contributed by atoms with E-state index >= 15 is 0 Å². The average Bonchev–Trinajstić information content (AvgIpc) is 2.90. The second-order valence-electron chi connectivity index (χ2n) is 5.39. The molecule has 0 aliphatic rings. The average molecular weight is 357 g/mol. The van der Waals surface area contributed by atoms with E-state index in [0.29, 0.717) is 15.3 Å². The van der Waals surface area contributed by atoms with Crippen LogP contribution in [0.15, 0.2) is 47.5 Å². The first-order valence-corrected chi connectivity index (χ1v) is 8.24. The van der Waals surface area contributed by atoms with Gasteiger partial charge in [-0.2, -0.15) is 4.99 Å². The molecule has 8 heteroatoms. The molecule has 1 amide bonds. The van der Waals surface area contributed by atoms with Crippen LogP contribution >= 0.6 is 11.3 Å². The summed E-state index contributed by atoms with van der Waals surface area (Å²) in [6.07, 6.45) is 0.158. The molecule has 0 unspecified atom stereocenters. The monoisotopic (exact) mass is 357 g/mol. The van der Waals surface area contributed by atoms with Crippen LogP contribution in [0.5, 0.6) is 5.75 Å². The highest BCUT2D eigenvalue weighted by Crippen LogP contribution is 2.22. The minimum atomic E-state index is -0.441. The second-order valence-corrected chi connectivity index (χ2v) is 6.40. The molecule has 0 aliphatic heterocycles. The van der Waals surface area contributed by atoms with Crippen LogP contribution in [-0.2, 0) is 18.3 Å². The Morgan fingerprint density at radius 3 is 2.84 bits per heavy atom. The van der Waals surface area contributed by atoms with Crippen LogP contribution in [0.1, 0.15) is 5.56 Å². The summed E-state index contributed by atoms with van der Waals surface area (Å²) in [6.45, 7) is 0. The molecule has 0 atom stereocenters. The van der Waals surface area contributed by atoms with Crippen molar-refractivity contribution in [2.45, 2.75) is 6.42 Å². The summed E-state index contributed by atoms with van der Waals surface area (Å²) in [5.74, 6) is 0.398. The van der Waals surface area contributed by atoms with Gasteiger partial charge in [-0.05, 0) is 23.8 Å². The topological polar surface area (TPSA) is 86.7 Å². The lowest BCUT2D eigenvalue weighted by molar-refractivity contribution is -0.384. The van der Waals surface area contributed by atoms with Gasteiger partial charge >= 0.3 is 0 Å². The molecule has 128 valence electrons. The van der Waals surface area contributed by atoms with Gasteiger partial charge in [-0.25, -0.2) is 0 Å². The Labute approximate surface area is 147 Å². The number of nitrogens with zero attached hydrogens (tertiary/aromatic N) is 3. The Kier molecular flexibility index (Phi) is 4.62. The van der Waals surface area contributed by atoms with Gasteiger partial charge in [-0.15, -0.1) is 0 Å². The van der Waals surface area contributed by atoms with E-state index in [2.05, 4.69) is 4.99 Å². The number of hydrogen-bond donors (Lipinski definition) is 0. The van der Waals surface area contributed by atoms with E-state index in [9.17, 15) is 14.9 Å². The molecule has 0 fully saturated rings. The Morgan fingerprint density at radius 2 is 2.12 bits per heavy atom. The second kappa shape index (κ2) is 6.86. The number of aromatic nitrogens is 1. The van der Waals surface area contributed by atoms with E-state index in [0.717, 1.165) is 11.1 Å². The third-order valence-corrected chi connectivity index (χ3v) is 4.81. The number of nitro groups is 1. The van der Waals surface area contributed by atoms with Crippen molar-refractivity contribution >= 4 is 33.1 Å². The van der Waals surface area contributed by atoms with Gasteiger partial charge in [-0.3, -0.25) is 14.9 Å². The molecule has 2 aromatic carbocycles. The van der Waals surface area contributed by atoms with Crippen LogP contribution in [0.3, 0.4) is 0 Å². The zero-order chi connectivity index (χ0) is 18.0. The molecule has 0 aliphatic carbocycles. The summed E-state index contributed by atoms with van der Waals surface area (Å²) in [7, 11) is 3.35. The fourth-order valence-electron chi connectivity index (χ4n) is 2.45. The van der Waals surface area contributed by atoms with Gasteiger partial charge in [0.15, 0.2) is 4.80 Å². The van der Waals surface area contributed by atoms with Crippen molar-refractivity contribution < 1.29 is 14.5 Å². The molecule has 0 spiro atoms. The first kappa shape index (κ1) is 16.8. The highest BCUT2D eigenvalue weighted by molar-refractivity contribution is 7.16.